The van der Waals surface area contributed by atoms with Crippen molar-refractivity contribution in [3.8, 4) is 0 Å². The van der Waals surface area contributed by atoms with Crippen LogP contribution in [0.4, 0.5) is 0 Å². The van der Waals surface area contributed by atoms with Gasteiger partial charge >= 0.3 is 0 Å². The Morgan fingerprint density at radius 1 is 1.27 bits per heavy atom. The minimum absolute atomic E-state index is 0.0178. The maximum Gasteiger partial charge on any atom is 0.267 e. The minimum Gasteiger partial charge on any atom is -0.342 e. The van der Waals surface area contributed by atoms with Crippen LogP contribution < -0.4 is 0 Å². The van der Waals surface area contributed by atoms with E-state index in [0.29, 0.717) is 29.8 Å². The van der Waals surface area contributed by atoms with Crippen molar-refractivity contribution in [2.75, 3.05) is 26.2 Å². The number of piperidine rings is 1. The third kappa shape index (κ3) is 3.15. The molecule has 2 amide bonds. The van der Waals surface area contributed by atoms with Gasteiger partial charge in [-0.05, 0) is 56.0 Å². The summed E-state index contributed by atoms with van der Waals surface area (Å²) in [7, 11) is 0. The molecule has 2 saturated heterocycles. The van der Waals surface area contributed by atoms with Crippen LogP contribution in [0, 0.1) is 11.3 Å². The zero-order valence-corrected chi connectivity index (χ0v) is 16.4. The van der Waals surface area contributed by atoms with Gasteiger partial charge in [-0.1, -0.05) is 24.3 Å². The number of aromatic nitrogens is 2. The molecule has 0 radical (unpaired) electrons. The molecule has 26 heavy (non-hydrogen) atoms. The van der Waals surface area contributed by atoms with Gasteiger partial charge in [-0.2, -0.15) is 0 Å². The Hall–Kier alpha value is -1.50. The fraction of sp³-hybridized carbons (Fsp3) is 0.789. The van der Waals surface area contributed by atoms with Gasteiger partial charge in [-0.3, -0.25) is 9.59 Å². The van der Waals surface area contributed by atoms with Crippen LogP contribution in [0.2, 0.25) is 0 Å². The Balaban J connectivity index is 1.45. The molecule has 6 nitrogen and oxygen atoms in total. The monoisotopic (exact) mass is 376 g/mol. The molecular formula is C19H28N4O2S. The Kier molecular flexibility index (Phi) is 4.99. The molecule has 1 aliphatic carbocycles. The number of nitrogens with zero attached hydrogens (tertiary/aromatic N) is 4. The van der Waals surface area contributed by atoms with Crippen LogP contribution in [0.25, 0.3) is 0 Å². The topological polar surface area (TPSA) is 66.4 Å². The molecule has 4 rings (SSSR count). The summed E-state index contributed by atoms with van der Waals surface area (Å²) in [5, 5.41) is 4.12. The third-order valence-electron chi connectivity index (χ3n) is 6.41. The van der Waals surface area contributed by atoms with Gasteiger partial charge in [-0.25, -0.2) is 0 Å². The summed E-state index contributed by atoms with van der Waals surface area (Å²) in [6.07, 6.45) is 8.34. The van der Waals surface area contributed by atoms with Crippen molar-refractivity contribution in [3.05, 3.63) is 10.6 Å². The summed E-state index contributed by atoms with van der Waals surface area (Å²) >= 11 is 1.19. The summed E-state index contributed by atoms with van der Waals surface area (Å²) in [6, 6.07) is 0. The lowest BCUT2D eigenvalue weighted by molar-refractivity contribution is -0.146. The van der Waals surface area contributed by atoms with Crippen LogP contribution in [0.3, 0.4) is 0 Å². The van der Waals surface area contributed by atoms with E-state index in [0.717, 1.165) is 50.9 Å². The third-order valence-corrected chi connectivity index (χ3v) is 7.16. The molecule has 1 atom stereocenters. The van der Waals surface area contributed by atoms with Gasteiger partial charge in [0.2, 0.25) is 5.91 Å². The quantitative estimate of drug-likeness (QED) is 0.792. The predicted octanol–water partition coefficient (Wildman–Crippen LogP) is 2.75. The van der Waals surface area contributed by atoms with Crippen molar-refractivity contribution in [3.63, 3.8) is 0 Å². The molecule has 7 heteroatoms. The van der Waals surface area contributed by atoms with Crippen LogP contribution >= 0.6 is 11.5 Å². The number of amides is 2. The smallest absolute Gasteiger partial charge is 0.267 e. The molecule has 1 spiro atoms. The number of aryl methyl sites for hydroxylation is 1. The summed E-state index contributed by atoms with van der Waals surface area (Å²) in [6.45, 7) is 5.13. The van der Waals surface area contributed by atoms with E-state index in [1.54, 1.807) is 0 Å². The van der Waals surface area contributed by atoms with Crippen molar-refractivity contribution in [2.45, 2.75) is 58.3 Å². The average molecular weight is 377 g/mol. The van der Waals surface area contributed by atoms with Gasteiger partial charge in [0.1, 0.15) is 4.88 Å². The second-order valence-electron chi connectivity index (χ2n) is 8.21. The zero-order chi connectivity index (χ0) is 18.1. The first-order chi connectivity index (χ1) is 12.6. The van der Waals surface area contributed by atoms with Crippen molar-refractivity contribution >= 4 is 23.3 Å². The maximum absolute atomic E-state index is 13.2. The molecule has 0 N–H and O–H groups in total. The van der Waals surface area contributed by atoms with Crippen molar-refractivity contribution in [1.82, 2.24) is 19.4 Å². The van der Waals surface area contributed by atoms with E-state index < -0.39 is 0 Å². The van der Waals surface area contributed by atoms with E-state index >= 15 is 0 Å². The van der Waals surface area contributed by atoms with E-state index in [1.165, 1.54) is 30.8 Å². The van der Waals surface area contributed by atoms with E-state index in [2.05, 4.69) is 21.4 Å². The van der Waals surface area contributed by atoms with E-state index in [-0.39, 0.29) is 11.3 Å². The van der Waals surface area contributed by atoms with Gasteiger partial charge in [0, 0.05) is 26.2 Å². The fourth-order valence-electron chi connectivity index (χ4n) is 4.65. The summed E-state index contributed by atoms with van der Waals surface area (Å²) < 4.78 is 3.98. The Bertz CT molecular complexity index is 687. The van der Waals surface area contributed by atoms with Crippen LogP contribution in [0.5, 0.6) is 0 Å². The minimum atomic E-state index is -0.347. The standard InChI is InChI=1S/C19H28N4O2S/c1-2-5-15-16(26-21-20-15)17(24)23-11-9-19(13-23)8-4-10-22(18(19)25)12-14-6-3-7-14/h14H,2-13H2,1H3/t19-/m1/s1. The highest BCUT2D eigenvalue weighted by molar-refractivity contribution is 7.08. The highest BCUT2D eigenvalue weighted by Gasteiger charge is 2.50. The van der Waals surface area contributed by atoms with Crippen LogP contribution in [0.1, 0.15) is 67.2 Å². The molecule has 1 saturated carbocycles. The zero-order valence-electron chi connectivity index (χ0n) is 15.6. The van der Waals surface area contributed by atoms with E-state index in [4.69, 9.17) is 0 Å². The first-order valence-electron chi connectivity index (χ1n) is 10.0. The van der Waals surface area contributed by atoms with Gasteiger partial charge in [0.25, 0.3) is 5.91 Å². The average Bonchev–Trinajstić information content (AvgIpc) is 3.23. The summed E-state index contributed by atoms with van der Waals surface area (Å²) in [5.74, 6) is 1.01. The molecule has 3 aliphatic rings. The number of carbonyl (C=O) groups is 2. The molecule has 2 aliphatic heterocycles. The number of hydrogen-bond acceptors (Lipinski definition) is 5. The second-order valence-corrected chi connectivity index (χ2v) is 8.96. The molecule has 1 aromatic heterocycles. The molecule has 0 aromatic carbocycles. The maximum atomic E-state index is 13.2. The molecule has 1 aromatic rings. The first kappa shape index (κ1) is 17.9. The van der Waals surface area contributed by atoms with Crippen molar-refractivity contribution < 1.29 is 9.59 Å². The van der Waals surface area contributed by atoms with Crippen molar-refractivity contribution in [2.24, 2.45) is 11.3 Å². The molecule has 0 bridgehead atoms. The highest BCUT2D eigenvalue weighted by atomic mass is 32.1. The predicted molar refractivity (Wildman–Crippen MR) is 100 cm³/mol. The van der Waals surface area contributed by atoms with Crippen LogP contribution in [0.15, 0.2) is 0 Å². The number of rotatable bonds is 5. The molecule has 3 fully saturated rings. The molecule has 3 heterocycles. The van der Waals surface area contributed by atoms with Crippen LogP contribution in [-0.4, -0.2) is 57.4 Å². The number of carbonyl (C=O) groups excluding carboxylic acids is 2. The highest BCUT2D eigenvalue weighted by Crippen LogP contribution is 2.41. The Morgan fingerprint density at radius 3 is 2.85 bits per heavy atom. The molecule has 142 valence electrons. The lowest BCUT2D eigenvalue weighted by Crippen LogP contribution is -2.52. The summed E-state index contributed by atoms with van der Waals surface area (Å²) in [5.41, 5.74) is 0.464. The number of likely N-dealkylation sites (tertiary alicyclic amines) is 2. The SMILES string of the molecule is CCCc1nnsc1C(=O)N1CC[C@]2(CCCN(CC3CCC3)C2=O)C1. The van der Waals surface area contributed by atoms with Gasteiger partial charge in [0.15, 0.2) is 0 Å². The van der Waals surface area contributed by atoms with E-state index in [9.17, 15) is 9.59 Å². The Morgan fingerprint density at radius 2 is 2.12 bits per heavy atom. The first-order valence-corrected chi connectivity index (χ1v) is 10.8. The summed E-state index contributed by atoms with van der Waals surface area (Å²) in [4.78, 5) is 30.8. The fourth-order valence-corrected chi connectivity index (χ4v) is 5.33. The normalized spacial score (nSPS) is 26.6. The number of hydrogen-bond donors (Lipinski definition) is 0. The lowest BCUT2D eigenvalue weighted by atomic mass is 9.77. The van der Waals surface area contributed by atoms with Gasteiger partial charge in [-0.15, -0.1) is 5.10 Å². The molecule has 0 unspecified atom stereocenters. The van der Waals surface area contributed by atoms with Crippen LogP contribution in [-0.2, 0) is 11.2 Å². The van der Waals surface area contributed by atoms with Gasteiger partial charge in [0.05, 0.1) is 11.1 Å². The Labute approximate surface area is 159 Å². The van der Waals surface area contributed by atoms with Crippen molar-refractivity contribution in [1.29, 1.82) is 0 Å². The largest absolute Gasteiger partial charge is 0.342 e. The van der Waals surface area contributed by atoms with E-state index in [1.807, 2.05) is 4.90 Å². The molecular weight excluding hydrogens is 348 g/mol. The lowest BCUT2D eigenvalue weighted by Gasteiger charge is -2.42. The van der Waals surface area contributed by atoms with Gasteiger partial charge < -0.3 is 9.80 Å². The second kappa shape index (κ2) is 7.25.